The van der Waals surface area contributed by atoms with Gasteiger partial charge in [0.1, 0.15) is 12.2 Å². The third-order valence-electron chi connectivity index (χ3n) is 4.06. The van der Waals surface area contributed by atoms with Crippen LogP contribution in [0, 0.1) is 10.1 Å². The highest BCUT2D eigenvalue weighted by Crippen LogP contribution is 2.32. The van der Waals surface area contributed by atoms with Crippen LogP contribution < -0.4 is 0 Å². The topological polar surface area (TPSA) is 233 Å². The van der Waals surface area contributed by atoms with Crippen LogP contribution in [0.1, 0.15) is 20.3 Å². The van der Waals surface area contributed by atoms with Gasteiger partial charge in [-0.3, -0.25) is 9.59 Å². The first-order chi connectivity index (χ1) is 14.7. The van der Waals surface area contributed by atoms with E-state index in [1.54, 1.807) is 0 Å². The van der Waals surface area contributed by atoms with Gasteiger partial charge < -0.3 is 24.3 Å². The Morgan fingerprint density at radius 2 is 1.74 bits per heavy atom. The predicted octanol–water partition coefficient (Wildman–Crippen LogP) is 1.92. The van der Waals surface area contributed by atoms with Crippen molar-refractivity contribution in [1.82, 2.24) is 14.8 Å². The van der Waals surface area contributed by atoms with Crippen molar-refractivity contribution < 1.29 is 28.7 Å². The highest BCUT2D eigenvalue weighted by molar-refractivity contribution is 9.10. The first-order valence-corrected chi connectivity index (χ1v) is 9.26. The second kappa shape index (κ2) is 10.5. The highest BCUT2D eigenvalue weighted by atomic mass is 79.9. The normalized spacial score (nSPS) is 24.9. The van der Waals surface area contributed by atoms with Crippen LogP contribution in [-0.2, 0) is 30.5 Å². The molecule has 1 aromatic heterocycles. The van der Waals surface area contributed by atoms with Crippen LogP contribution in [-0.4, -0.2) is 62.0 Å². The van der Waals surface area contributed by atoms with Gasteiger partial charge in [0.15, 0.2) is 12.8 Å². The third-order valence-corrected chi connectivity index (χ3v) is 4.65. The maximum Gasteiger partial charge on any atom is 0.492 e. The molecule has 1 aromatic rings. The van der Waals surface area contributed by atoms with E-state index in [1.807, 2.05) is 0 Å². The summed E-state index contributed by atoms with van der Waals surface area (Å²) in [5.74, 6) is -2.20. The van der Waals surface area contributed by atoms with Crippen molar-refractivity contribution in [3.8, 4) is 0 Å². The monoisotopic (exact) mass is 502 g/mol. The van der Waals surface area contributed by atoms with Crippen molar-refractivity contribution >= 4 is 33.8 Å². The van der Waals surface area contributed by atoms with Crippen molar-refractivity contribution in [2.45, 2.75) is 57.4 Å². The smallest absolute Gasteiger partial charge is 0.458 e. The molecule has 166 valence electrons. The standard InChI is InChI=1S/C13H15BrN10O7/c1-5(25)30-10-8(19-22-16)3-7(18-21-15)9(11(10)31-6(2)26)29-4-23-12(14)17-13(20-23)24(27)28/h7-11H,3-4H2,1-2H3/t7?,8-,9+,10?,11+/m1/s1. The number of halogens is 1. The van der Waals surface area contributed by atoms with E-state index in [0.29, 0.717) is 0 Å². The highest BCUT2D eigenvalue weighted by Gasteiger charge is 2.49. The van der Waals surface area contributed by atoms with E-state index in [9.17, 15) is 19.7 Å². The number of rotatable bonds is 8. The minimum absolute atomic E-state index is 0.0251. The molecule has 1 heterocycles. The molecule has 0 N–H and O–H groups in total. The first-order valence-electron chi connectivity index (χ1n) is 8.47. The number of esters is 2. The Labute approximate surface area is 181 Å². The molecular formula is C13H15BrN10O7. The molecule has 0 bridgehead atoms. The van der Waals surface area contributed by atoms with Gasteiger partial charge in [-0.2, -0.15) is 0 Å². The molecule has 0 radical (unpaired) electrons. The Bertz CT molecular complexity index is 956. The number of aromatic nitrogens is 3. The summed E-state index contributed by atoms with van der Waals surface area (Å²) in [5, 5.41) is 21.6. The molecule has 31 heavy (non-hydrogen) atoms. The van der Waals surface area contributed by atoms with Crippen LogP contribution in [0.2, 0.25) is 0 Å². The zero-order chi connectivity index (χ0) is 23.1. The van der Waals surface area contributed by atoms with Gasteiger partial charge in [0, 0.05) is 44.7 Å². The zero-order valence-electron chi connectivity index (χ0n) is 16.0. The molecule has 0 saturated heterocycles. The molecule has 18 heteroatoms. The SMILES string of the molecule is CC(=O)OC1[C@@H](OC(C)=O)[C@@H](OCn2nc([N+](=O)[O-])nc2Br)C(N=[N+]=[N-])C[C@H]1N=[N+]=[N-]. The molecule has 1 aliphatic rings. The molecule has 5 atom stereocenters. The first kappa shape index (κ1) is 23.8. The molecule has 0 spiro atoms. The van der Waals surface area contributed by atoms with Gasteiger partial charge in [-0.15, -0.1) is 4.68 Å². The maximum atomic E-state index is 11.7. The summed E-state index contributed by atoms with van der Waals surface area (Å²) in [4.78, 5) is 42.3. The lowest BCUT2D eigenvalue weighted by atomic mass is 9.84. The Hall–Kier alpha value is -3.46. The second-order valence-corrected chi connectivity index (χ2v) is 6.84. The molecule has 2 unspecified atom stereocenters. The Morgan fingerprint density at radius 3 is 2.23 bits per heavy atom. The number of nitro groups is 1. The van der Waals surface area contributed by atoms with Crippen molar-refractivity contribution in [3.05, 3.63) is 35.7 Å². The van der Waals surface area contributed by atoms with E-state index < -0.39 is 59.9 Å². The van der Waals surface area contributed by atoms with E-state index in [2.05, 4.69) is 46.1 Å². The second-order valence-electron chi connectivity index (χ2n) is 6.13. The van der Waals surface area contributed by atoms with Gasteiger partial charge in [-0.1, -0.05) is 10.2 Å². The number of hydrogen-bond donors (Lipinski definition) is 0. The summed E-state index contributed by atoms with van der Waals surface area (Å²) in [5.41, 5.74) is 17.8. The number of carbonyl (C=O) groups is 2. The van der Waals surface area contributed by atoms with Gasteiger partial charge >= 0.3 is 17.9 Å². The summed E-state index contributed by atoms with van der Waals surface area (Å²) in [6.07, 6.45) is -3.82. The fourth-order valence-corrected chi connectivity index (χ4v) is 3.34. The summed E-state index contributed by atoms with van der Waals surface area (Å²) < 4.78 is 17.1. The van der Waals surface area contributed by atoms with E-state index in [1.165, 1.54) is 0 Å². The van der Waals surface area contributed by atoms with Crippen molar-refractivity contribution in [3.63, 3.8) is 0 Å². The molecule has 2 rings (SSSR count). The molecule has 1 aliphatic carbocycles. The van der Waals surface area contributed by atoms with Gasteiger partial charge in [-0.05, 0) is 27.4 Å². The van der Waals surface area contributed by atoms with E-state index >= 15 is 0 Å². The van der Waals surface area contributed by atoms with Crippen molar-refractivity contribution in [2.75, 3.05) is 0 Å². The molecule has 1 saturated carbocycles. The summed E-state index contributed by atoms with van der Waals surface area (Å²) in [7, 11) is 0. The number of carbonyl (C=O) groups excluding carboxylic acids is 2. The number of hydrogen-bond acceptors (Lipinski definition) is 11. The molecular weight excluding hydrogens is 488 g/mol. The van der Waals surface area contributed by atoms with Gasteiger partial charge in [0.2, 0.25) is 0 Å². The van der Waals surface area contributed by atoms with Crippen LogP contribution in [0.5, 0.6) is 0 Å². The van der Waals surface area contributed by atoms with Crippen LogP contribution in [0.3, 0.4) is 0 Å². The lowest BCUT2D eigenvalue weighted by Gasteiger charge is -2.42. The van der Waals surface area contributed by atoms with E-state index in [-0.39, 0.29) is 11.2 Å². The van der Waals surface area contributed by atoms with Gasteiger partial charge in [0.25, 0.3) is 4.73 Å². The largest absolute Gasteiger partial charge is 0.492 e. The summed E-state index contributed by atoms with van der Waals surface area (Å²) in [6.45, 7) is 1.78. The molecule has 0 aromatic carbocycles. The van der Waals surface area contributed by atoms with Crippen LogP contribution in [0.15, 0.2) is 15.0 Å². The Kier molecular flexibility index (Phi) is 8.09. The fourth-order valence-electron chi connectivity index (χ4n) is 3.00. The Balaban J connectivity index is 2.40. The zero-order valence-corrected chi connectivity index (χ0v) is 17.6. The Morgan fingerprint density at radius 1 is 1.19 bits per heavy atom. The third kappa shape index (κ3) is 6.02. The quantitative estimate of drug-likeness (QED) is 0.126. The lowest BCUT2D eigenvalue weighted by molar-refractivity contribution is -0.394. The van der Waals surface area contributed by atoms with Crippen LogP contribution in [0.4, 0.5) is 5.95 Å². The van der Waals surface area contributed by atoms with Crippen LogP contribution >= 0.6 is 15.9 Å². The number of ether oxygens (including phenoxy) is 3. The predicted molar refractivity (Wildman–Crippen MR) is 101 cm³/mol. The average molecular weight is 503 g/mol. The van der Waals surface area contributed by atoms with Crippen molar-refractivity contribution in [2.24, 2.45) is 10.2 Å². The summed E-state index contributed by atoms with van der Waals surface area (Å²) in [6, 6.07) is -2.03. The van der Waals surface area contributed by atoms with E-state index in [4.69, 9.17) is 25.3 Å². The molecule has 17 nitrogen and oxygen atoms in total. The van der Waals surface area contributed by atoms with Crippen LogP contribution in [0.25, 0.3) is 20.9 Å². The molecule has 0 aliphatic heterocycles. The molecule has 0 amide bonds. The van der Waals surface area contributed by atoms with Gasteiger partial charge in [-0.25, -0.2) is 0 Å². The fraction of sp³-hybridized carbons (Fsp3) is 0.692. The number of nitrogens with zero attached hydrogens (tertiary/aromatic N) is 10. The number of azide groups is 2. The maximum absolute atomic E-state index is 11.7. The van der Waals surface area contributed by atoms with Gasteiger partial charge in [0.05, 0.1) is 12.1 Å². The van der Waals surface area contributed by atoms with Crippen molar-refractivity contribution in [1.29, 1.82) is 0 Å². The minimum Gasteiger partial charge on any atom is -0.458 e. The van der Waals surface area contributed by atoms with E-state index in [0.717, 1.165) is 18.5 Å². The lowest BCUT2D eigenvalue weighted by Crippen LogP contribution is -2.58. The summed E-state index contributed by atoms with van der Waals surface area (Å²) >= 11 is 3.00. The molecule has 1 fully saturated rings. The average Bonchev–Trinajstić information content (AvgIpc) is 3.05. The minimum atomic E-state index is -1.32.